The van der Waals surface area contributed by atoms with E-state index >= 15 is 8.78 Å². The molecule has 0 aliphatic carbocycles. The lowest BCUT2D eigenvalue weighted by Gasteiger charge is -2.35. The van der Waals surface area contributed by atoms with E-state index in [0.717, 1.165) is 41.0 Å². The Balaban J connectivity index is 1.22. The second kappa shape index (κ2) is 14.2. The maximum absolute atomic E-state index is 15.9. The molecule has 5 rings (SSSR count). The molecule has 15 heteroatoms. The lowest BCUT2D eigenvalue weighted by Crippen LogP contribution is -2.48. The van der Waals surface area contributed by atoms with Gasteiger partial charge in [0, 0.05) is 35.5 Å². The number of alkyl halides is 5. The molecule has 0 aliphatic rings. The highest BCUT2D eigenvalue weighted by Crippen LogP contribution is 2.46. The van der Waals surface area contributed by atoms with Crippen molar-refractivity contribution in [2.75, 3.05) is 6.54 Å². The summed E-state index contributed by atoms with van der Waals surface area (Å²) < 4.78 is 103. The van der Waals surface area contributed by atoms with Crippen LogP contribution in [0.15, 0.2) is 91.4 Å². The van der Waals surface area contributed by atoms with Gasteiger partial charge < -0.3 is 15.2 Å². The third kappa shape index (κ3) is 8.33. The van der Waals surface area contributed by atoms with E-state index in [4.69, 9.17) is 4.74 Å². The van der Waals surface area contributed by atoms with Crippen LogP contribution >= 0.6 is 0 Å². The van der Waals surface area contributed by atoms with Crippen LogP contribution in [0.5, 0.6) is 5.75 Å². The summed E-state index contributed by atoms with van der Waals surface area (Å²) in [4.78, 5) is 3.79. The van der Waals surface area contributed by atoms with Gasteiger partial charge in [-0.15, -0.1) is 5.10 Å². The molecule has 2 aromatic heterocycles. The van der Waals surface area contributed by atoms with Crippen LogP contribution in [-0.4, -0.2) is 43.0 Å². The molecule has 0 saturated carbocycles. The zero-order valence-electron chi connectivity index (χ0n) is 24.7. The van der Waals surface area contributed by atoms with Gasteiger partial charge in [-0.25, -0.2) is 13.5 Å². The van der Waals surface area contributed by atoms with Crippen LogP contribution in [0.1, 0.15) is 33.5 Å². The summed E-state index contributed by atoms with van der Waals surface area (Å²) in [6, 6.07) is 17.7. The van der Waals surface area contributed by atoms with Crippen LogP contribution < -0.4 is 10.1 Å². The number of nitrogens with zero attached hydrogens (tertiary/aromatic N) is 5. The molecule has 1 atom stereocenters. The molecular weight excluding hydrogens is 645 g/mol. The van der Waals surface area contributed by atoms with Crippen LogP contribution in [-0.2, 0) is 31.2 Å². The van der Waals surface area contributed by atoms with Gasteiger partial charge in [-0.3, -0.25) is 4.98 Å². The van der Waals surface area contributed by atoms with Crippen LogP contribution in [0.3, 0.4) is 0 Å². The molecule has 8 nitrogen and oxygen atoms in total. The van der Waals surface area contributed by atoms with Gasteiger partial charge in [0.15, 0.2) is 5.60 Å². The summed E-state index contributed by atoms with van der Waals surface area (Å²) in [6.45, 7) is -1.74. The first-order valence-corrected chi connectivity index (χ1v) is 14.2. The van der Waals surface area contributed by atoms with E-state index in [1.807, 2.05) is 0 Å². The molecule has 0 saturated heterocycles. The monoisotopic (exact) mass is 670 g/mol. The Hall–Kier alpha value is -5.33. The third-order valence-electron chi connectivity index (χ3n) is 7.05. The number of halogens is 7. The molecule has 0 aliphatic heterocycles. The van der Waals surface area contributed by atoms with Crippen molar-refractivity contribution in [3.05, 3.63) is 137 Å². The van der Waals surface area contributed by atoms with Gasteiger partial charge in [0.05, 0.1) is 13.1 Å². The molecule has 1 unspecified atom stereocenters. The van der Waals surface area contributed by atoms with E-state index in [0.29, 0.717) is 22.9 Å². The van der Waals surface area contributed by atoms with E-state index in [1.54, 1.807) is 48.5 Å². The second-order valence-electron chi connectivity index (χ2n) is 10.6. The minimum atomic E-state index is -4.27. The first-order valence-electron chi connectivity index (χ1n) is 14.2. The number of rotatable bonds is 11. The average Bonchev–Trinajstić information content (AvgIpc) is 3.56. The fraction of sp³-hybridized carbons (Fsp3) is 0.212. The van der Waals surface area contributed by atoms with Crippen LogP contribution in [0.25, 0.3) is 0 Å². The summed E-state index contributed by atoms with van der Waals surface area (Å²) in [5, 5.41) is 23.8. The van der Waals surface area contributed by atoms with Crippen molar-refractivity contribution in [2.24, 2.45) is 0 Å². The molecule has 48 heavy (non-hydrogen) atoms. The third-order valence-corrected chi connectivity index (χ3v) is 7.05. The number of pyridine rings is 1. The van der Waals surface area contributed by atoms with Gasteiger partial charge in [-0.2, -0.15) is 22.0 Å². The zero-order valence-corrected chi connectivity index (χ0v) is 24.7. The molecule has 3 aromatic carbocycles. The highest BCUT2D eigenvalue weighted by Gasteiger charge is 2.58. The van der Waals surface area contributed by atoms with Gasteiger partial charge in [0.1, 0.15) is 36.0 Å². The number of hydrogen-bond donors (Lipinski definition) is 2. The number of aromatic nitrogens is 5. The fourth-order valence-corrected chi connectivity index (χ4v) is 4.58. The Morgan fingerprint density at radius 1 is 0.833 bits per heavy atom. The van der Waals surface area contributed by atoms with Crippen LogP contribution in [0, 0.1) is 23.5 Å². The van der Waals surface area contributed by atoms with E-state index in [9.17, 15) is 27.1 Å². The number of hydrogen-bond acceptors (Lipinski definition) is 7. The maximum Gasteiger partial charge on any atom is 0.401 e. The molecule has 0 fully saturated rings. The Bertz CT molecular complexity index is 1870. The van der Waals surface area contributed by atoms with Gasteiger partial charge >= 0.3 is 12.1 Å². The van der Waals surface area contributed by atoms with Crippen LogP contribution in [0.4, 0.5) is 30.7 Å². The summed E-state index contributed by atoms with van der Waals surface area (Å²) in [6.07, 6.45) is -2.24. The predicted octanol–water partition coefficient (Wildman–Crippen LogP) is 5.66. The van der Waals surface area contributed by atoms with Crippen molar-refractivity contribution in [2.45, 2.75) is 37.4 Å². The molecule has 0 radical (unpaired) electrons. The lowest BCUT2D eigenvalue weighted by atomic mass is 9.84. The van der Waals surface area contributed by atoms with Gasteiger partial charge in [0.2, 0.25) is 0 Å². The first-order chi connectivity index (χ1) is 22.8. The van der Waals surface area contributed by atoms with Crippen molar-refractivity contribution in [1.82, 2.24) is 30.5 Å². The number of ether oxygens (including phenoxy) is 1. The molecule has 0 spiro atoms. The Kier molecular flexibility index (Phi) is 10.1. The van der Waals surface area contributed by atoms with E-state index in [-0.39, 0.29) is 18.7 Å². The fourth-order valence-electron chi connectivity index (χ4n) is 4.58. The SMILES string of the molecule is OC(Cn1cnnn1)(c1ccc(F)cc1F)C(F)(F)c1ccc(C#Cc2ccc(OCc3ccc(CNCC(F)(F)F)cc3)cc2)cn1. The van der Waals surface area contributed by atoms with Gasteiger partial charge in [-0.1, -0.05) is 36.1 Å². The van der Waals surface area contributed by atoms with E-state index < -0.39 is 53.7 Å². The Labute approximate surface area is 269 Å². The van der Waals surface area contributed by atoms with Crippen molar-refractivity contribution < 1.29 is 40.6 Å². The summed E-state index contributed by atoms with van der Waals surface area (Å²) in [5.74, 6) is -0.381. The summed E-state index contributed by atoms with van der Waals surface area (Å²) >= 11 is 0. The molecule has 2 heterocycles. The highest BCUT2D eigenvalue weighted by atomic mass is 19.4. The smallest absolute Gasteiger partial charge is 0.401 e. The topological polar surface area (TPSA) is 98.0 Å². The second-order valence-corrected chi connectivity index (χ2v) is 10.6. The quantitative estimate of drug-likeness (QED) is 0.138. The first kappa shape index (κ1) is 34.0. The van der Waals surface area contributed by atoms with Gasteiger partial charge in [0.25, 0.3) is 0 Å². The van der Waals surface area contributed by atoms with Crippen molar-refractivity contribution in [3.8, 4) is 17.6 Å². The van der Waals surface area contributed by atoms with Crippen molar-refractivity contribution >= 4 is 0 Å². The van der Waals surface area contributed by atoms with E-state index in [2.05, 4.69) is 37.7 Å². The summed E-state index contributed by atoms with van der Waals surface area (Å²) in [5.41, 5.74) is -2.68. The van der Waals surface area contributed by atoms with Crippen molar-refractivity contribution in [3.63, 3.8) is 0 Å². The molecule has 0 amide bonds. The maximum atomic E-state index is 15.9. The standard InChI is InChI=1S/C33H25F7N6O2/c34-26-10-13-28(29(35)15-26)31(47,20-46-21-43-44-45-46)33(39,40)30-14-9-24(17-42-30)2-1-22-7-11-27(12-8-22)48-18-25-5-3-23(4-6-25)16-41-19-32(36,37)38/h3-15,17,21,41,47H,16,18-20H2. The minimum Gasteiger partial charge on any atom is -0.489 e. The lowest BCUT2D eigenvalue weighted by molar-refractivity contribution is -0.207. The molecule has 5 aromatic rings. The predicted molar refractivity (Wildman–Crippen MR) is 157 cm³/mol. The minimum absolute atomic E-state index is 0.0842. The average molecular weight is 671 g/mol. The normalized spacial score (nSPS) is 13.0. The largest absolute Gasteiger partial charge is 0.489 e. The Morgan fingerprint density at radius 3 is 2.15 bits per heavy atom. The van der Waals surface area contributed by atoms with Crippen molar-refractivity contribution in [1.29, 1.82) is 0 Å². The van der Waals surface area contributed by atoms with Crippen LogP contribution in [0.2, 0.25) is 0 Å². The highest BCUT2D eigenvalue weighted by molar-refractivity contribution is 5.44. The molecular formula is C33H25F7N6O2. The zero-order chi connectivity index (χ0) is 34.4. The number of nitrogens with one attached hydrogen (secondary N) is 1. The van der Waals surface area contributed by atoms with Gasteiger partial charge in [-0.05, 0) is 70.1 Å². The molecule has 248 valence electrons. The van der Waals surface area contributed by atoms with E-state index in [1.165, 1.54) is 6.07 Å². The Morgan fingerprint density at radius 2 is 1.52 bits per heavy atom. The number of aliphatic hydroxyl groups is 1. The summed E-state index contributed by atoms with van der Waals surface area (Å²) in [7, 11) is 0. The number of benzene rings is 3. The number of tetrazole rings is 1. The molecule has 2 N–H and O–H groups in total. The molecule has 0 bridgehead atoms.